The van der Waals surface area contributed by atoms with Gasteiger partial charge in [0.05, 0.1) is 0 Å². The number of aromatic hydroxyl groups is 3. The Kier molecular flexibility index (Phi) is 2.92. The average molecular weight is 224 g/mol. The fourth-order valence-electron chi connectivity index (χ4n) is 2.50. The van der Waals surface area contributed by atoms with Gasteiger partial charge < -0.3 is 20.4 Å². The summed E-state index contributed by atoms with van der Waals surface area (Å²) in [5.41, 5.74) is 1.56. The molecule has 0 saturated carbocycles. The Labute approximate surface area is 93.8 Å². The summed E-state index contributed by atoms with van der Waals surface area (Å²) >= 11 is 0. The molecule has 0 radical (unpaired) electrons. The molecule has 0 fully saturated rings. The van der Waals surface area contributed by atoms with Gasteiger partial charge in [-0.3, -0.25) is 0 Å². The summed E-state index contributed by atoms with van der Waals surface area (Å²) in [6, 6.07) is 1.51. The summed E-state index contributed by atoms with van der Waals surface area (Å²) in [6.07, 6.45) is 3.23. The number of phenolic OH excluding ortho intramolecular Hbond substituents is 3. The highest BCUT2D eigenvalue weighted by molar-refractivity contribution is 5.58. The Bertz CT molecular complexity index is 400. The van der Waals surface area contributed by atoms with Crippen molar-refractivity contribution < 1.29 is 20.4 Å². The lowest BCUT2D eigenvalue weighted by Gasteiger charge is -2.26. The van der Waals surface area contributed by atoms with Crippen LogP contribution in [0.3, 0.4) is 0 Å². The van der Waals surface area contributed by atoms with Gasteiger partial charge in [-0.2, -0.15) is 0 Å². The molecule has 88 valence electrons. The summed E-state index contributed by atoms with van der Waals surface area (Å²) in [4.78, 5) is 0. The van der Waals surface area contributed by atoms with Crippen LogP contribution in [0.15, 0.2) is 6.07 Å². The van der Waals surface area contributed by atoms with Crippen molar-refractivity contribution in [2.45, 2.75) is 31.6 Å². The lowest BCUT2D eigenvalue weighted by Crippen LogP contribution is -2.11. The highest BCUT2D eigenvalue weighted by Gasteiger charge is 2.26. The smallest absolute Gasteiger partial charge is 0.200 e. The third kappa shape index (κ3) is 1.69. The van der Waals surface area contributed by atoms with E-state index in [0.29, 0.717) is 12.0 Å². The number of benzene rings is 1. The Morgan fingerprint density at radius 1 is 1.19 bits per heavy atom. The number of hydrogen-bond acceptors (Lipinski definition) is 4. The van der Waals surface area contributed by atoms with Crippen LogP contribution in [0.1, 0.15) is 36.3 Å². The minimum Gasteiger partial charge on any atom is -0.504 e. The Morgan fingerprint density at radius 3 is 2.62 bits per heavy atom. The van der Waals surface area contributed by atoms with Crippen LogP contribution < -0.4 is 0 Å². The predicted octanol–water partition coefficient (Wildman–Crippen LogP) is 1.61. The highest BCUT2D eigenvalue weighted by Crippen LogP contribution is 2.47. The van der Waals surface area contributed by atoms with E-state index in [1.54, 1.807) is 0 Å². The Balaban J connectivity index is 2.50. The van der Waals surface area contributed by atoms with Crippen molar-refractivity contribution in [3.05, 3.63) is 17.2 Å². The lowest BCUT2D eigenvalue weighted by atomic mass is 9.80. The van der Waals surface area contributed by atoms with E-state index in [9.17, 15) is 15.3 Å². The van der Waals surface area contributed by atoms with Crippen LogP contribution in [-0.2, 0) is 6.42 Å². The molecule has 1 aliphatic rings. The molecule has 0 heterocycles. The van der Waals surface area contributed by atoms with E-state index in [4.69, 9.17) is 5.11 Å². The molecule has 2 rings (SSSR count). The zero-order valence-corrected chi connectivity index (χ0v) is 8.98. The molecular weight excluding hydrogens is 208 g/mol. The molecule has 0 unspecified atom stereocenters. The third-order valence-corrected chi connectivity index (χ3v) is 3.26. The van der Waals surface area contributed by atoms with Crippen LogP contribution in [0, 0.1) is 0 Å². The van der Waals surface area contributed by atoms with Crippen LogP contribution in [0.5, 0.6) is 17.2 Å². The quantitative estimate of drug-likeness (QED) is 0.575. The third-order valence-electron chi connectivity index (χ3n) is 3.26. The van der Waals surface area contributed by atoms with Gasteiger partial charge >= 0.3 is 0 Å². The van der Waals surface area contributed by atoms with Crippen molar-refractivity contribution >= 4 is 0 Å². The summed E-state index contributed by atoms with van der Waals surface area (Å²) in [6.45, 7) is 0.0607. The Hall–Kier alpha value is -1.42. The maximum absolute atomic E-state index is 9.83. The van der Waals surface area contributed by atoms with Crippen molar-refractivity contribution in [2.24, 2.45) is 0 Å². The molecule has 1 atom stereocenters. The molecule has 4 nitrogen and oxygen atoms in total. The molecule has 16 heavy (non-hydrogen) atoms. The molecule has 0 saturated heterocycles. The molecular formula is C12H16O4. The molecule has 0 spiro atoms. The second kappa shape index (κ2) is 4.22. The first-order chi connectivity index (χ1) is 7.65. The summed E-state index contributed by atoms with van der Waals surface area (Å²) < 4.78 is 0. The molecule has 1 aromatic carbocycles. The normalized spacial score (nSPS) is 19.4. The van der Waals surface area contributed by atoms with Crippen molar-refractivity contribution in [2.75, 3.05) is 6.61 Å². The first kappa shape index (κ1) is 11.1. The number of aliphatic hydroxyl groups excluding tert-OH is 1. The molecule has 4 N–H and O–H groups in total. The van der Waals surface area contributed by atoms with E-state index >= 15 is 0 Å². The van der Waals surface area contributed by atoms with Crippen LogP contribution >= 0.6 is 0 Å². The van der Waals surface area contributed by atoms with Gasteiger partial charge in [-0.05, 0) is 43.2 Å². The SMILES string of the molecule is OCC[C@@H]1CCCc2cc(O)c(O)c(O)c21. The molecule has 0 aromatic heterocycles. The fourth-order valence-corrected chi connectivity index (χ4v) is 2.50. The number of phenols is 3. The highest BCUT2D eigenvalue weighted by atomic mass is 16.3. The van der Waals surface area contributed by atoms with E-state index < -0.39 is 5.75 Å². The first-order valence-electron chi connectivity index (χ1n) is 5.52. The lowest BCUT2D eigenvalue weighted by molar-refractivity contribution is 0.267. The number of aryl methyl sites for hydroxylation is 1. The molecule has 1 aliphatic carbocycles. The second-order valence-corrected chi connectivity index (χ2v) is 4.27. The van der Waals surface area contributed by atoms with Crippen molar-refractivity contribution in [1.29, 1.82) is 0 Å². The van der Waals surface area contributed by atoms with Crippen LogP contribution in [0.25, 0.3) is 0 Å². The molecule has 0 aliphatic heterocycles. The van der Waals surface area contributed by atoms with Gasteiger partial charge in [-0.1, -0.05) is 0 Å². The summed E-state index contributed by atoms with van der Waals surface area (Å²) in [5, 5.41) is 37.7. The van der Waals surface area contributed by atoms with Crippen molar-refractivity contribution in [3.63, 3.8) is 0 Å². The van der Waals surface area contributed by atoms with Crippen LogP contribution in [0.2, 0.25) is 0 Å². The number of hydrogen-bond donors (Lipinski definition) is 4. The maximum Gasteiger partial charge on any atom is 0.200 e. The van der Waals surface area contributed by atoms with Gasteiger partial charge in [0.15, 0.2) is 11.5 Å². The second-order valence-electron chi connectivity index (χ2n) is 4.27. The van der Waals surface area contributed by atoms with Crippen molar-refractivity contribution in [3.8, 4) is 17.2 Å². The van der Waals surface area contributed by atoms with Crippen LogP contribution in [-0.4, -0.2) is 27.0 Å². The van der Waals surface area contributed by atoms with E-state index in [-0.39, 0.29) is 24.0 Å². The largest absolute Gasteiger partial charge is 0.504 e. The minimum atomic E-state index is -0.455. The van der Waals surface area contributed by atoms with Gasteiger partial charge in [-0.15, -0.1) is 0 Å². The number of rotatable bonds is 2. The van der Waals surface area contributed by atoms with E-state index in [1.165, 1.54) is 6.07 Å². The number of fused-ring (bicyclic) bond motifs is 1. The molecule has 1 aromatic rings. The fraction of sp³-hybridized carbons (Fsp3) is 0.500. The first-order valence-corrected chi connectivity index (χ1v) is 5.52. The standard InChI is InChI=1S/C12H16O4/c13-5-4-7-2-1-3-8-6-9(14)11(15)12(16)10(7)8/h6-7,13-16H,1-5H2/t7-/m0/s1. The molecule has 4 heteroatoms. The predicted molar refractivity (Wildman–Crippen MR) is 58.8 cm³/mol. The monoisotopic (exact) mass is 224 g/mol. The number of aliphatic hydroxyl groups is 1. The van der Waals surface area contributed by atoms with Gasteiger partial charge in [0.25, 0.3) is 0 Å². The summed E-state index contributed by atoms with van der Waals surface area (Å²) in [5.74, 6) is -0.891. The molecule has 0 bridgehead atoms. The minimum absolute atomic E-state index is 0.0607. The van der Waals surface area contributed by atoms with Gasteiger partial charge in [0, 0.05) is 12.2 Å². The van der Waals surface area contributed by atoms with Gasteiger partial charge in [0.1, 0.15) is 0 Å². The van der Waals surface area contributed by atoms with Crippen LogP contribution in [0.4, 0.5) is 0 Å². The van der Waals surface area contributed by atoms with Gasteiger partial charge in [-0.25, -0.2) is 0 Å². The zero-order valence-electron chi connectivity index (χ0n) is 8.98. The zero-order chi connectivity index (χ0) is 11.7. The van der Waals surface area contributed by atoms with E-state index in [2.05, 4.69) is 0 Å². The van der Waals surface area contributed by atoms with Gasteiger partial charge in [0.2, 0.25) is 5.75 Å². The summed E-state index contributed by atoms with van der Waals surface area (Å²) in [7, 11) is 0. The maximum atomic E-state index is 9.83. The Morgan fingerprint density at radius 2 is 1.94 bits per heavy atom. The van der Waals surface area contributed by atoms with Crippen molar-refractivity contribution in [1.82, 2.24) is 0 Å². The average Bonchev–Trinajstić information content (AvgIpc) is 2.26. The van der Waals surface area contributed by atoms with E-state index in [1.807, 2.05) is 0 Å². The topological polar surface area (TPSA) is 80.9 Å². The van der Waals surface area contributed by atoms with E-state index in [0.717, 1.165) is 24.8 Å². The molecule has 0 amide bonds.